The van der Waals surface area contributed by atoms with E-state index in [0.717, 1.165) is 17.7 Å². The predicted octanol–water partition coefficient (Wildman–Crippen LogP) is 4.07. The second-order valence-corrected chi connectivity index (χ2v) is 4.55. The van der Waals surface area contributed by atoms with E-state index in [9.17, 15) is 8.78 Å². The number of aromatic amines is 1. The number of hydrogen-bond donors (Lipinski definition) is 1. The van der Waals surface area contributed by atoms with E-state index in [1.165, 1.54) is 6.07 Å². The Labute approximate surface area is 118 Å². The molecular weight excluding hydrogens is 284 g/mol. The van der Waals surface area contributed by atoms with Crippen molar-refractivity contribution < 1.29 is 8.78 Å². The molecule has 2 heterocycles. The predicted molar refractivity (Wildman–Crippen MR) is 72.2 cm³/mol. The molecule has 100 valence electrons. The smallest absolute Gasteiger partial charge is 0.159 e. The third kappa shape index (κ3) is 2.40. The average molecular weight is 292 g/mol. The topological polar surface area (TPSA) is 41.6 Å². The van der Waals surface area contributed by atoms with Crippen LogP contribution in [0.5, 0.6) is 0 Å². The molecule has 0 unspecified atom stereocenters. The van der Waals surface area contributed by atoms with Crippen molar-refractivity contribution in [2.24, 2.45) is 0 Å². The first-order valence-corrected chi connectivity index (χ1v) is 6.14. The molecule has 0 aliphatic heterocycles. The maximum absolute atomic E-state index is 13.2. The molecule has 0 atom stereocenters. The summed E-state index contributed by atoms with van der Waals surface area (Å²) in [6.07, 6.45) is 1.59. The number of nitrogens with one attached hydrogen (secondary N) is 1. The second-order valence-electron chi connectivity index (χ2n) is 4.17. The molecule has 0 fully saturated rings. The lowest BCUT2D eigenvalue weighted by Gasteiger charge is -1.98. The van der Waals surface area contributed by atoms with Gasteiger partial charge in [-0.05, 0) is 36.4 Å². The van der Waals surface area contributed by atoms with Gasteiger partial charge in [-0.25, -0.2) is 13.8 Å². The number of rotatable bonds is 2. The molecular formula is C14H8ClF2N3. The molecule has 3 nitrogen and oxygen atoms in total. The Kier molecular flexibility index (Phi) is 3.20. The fourth-order valence-electron chi connectivity index (χ4n) is 1.81. The summed E-state index contributed by atoms with van der Waals surface area (Å²) in [7, 11) is 0. The van der Waals surface area contributed by atoms with Gasteiger partial charge in [0.15, 0.2) is 11.6 Å². The first-order valence-electron chi connectivity index (χ1n) is 5.76. The first-order chi connectivity index (χ1) is 9.63. The van der Waals surface area contributed by atoms with Gasteiger partial charge in [-0.15, -0.1) is 0 Å². The maximum atomic E-state index is 13.2. The Morgan fingerprint density at radius 1 is 0.950 bits per heavy atom. The minimum atomic E-state index is -0.896. The Hall–Kier alpha value is -2.27. The van der Waals surface area contributed by atoms with Gasteiger partial charge in [-0.1, -0.05) is 11.6 Å². The molecule has 0 bridgehead atoms. The van der Waals surface area contributed by atoms with Gasteiger partial charge in [0.2, 0.25) is 0 Å². The average Bonchev–Trinajstić information content (AvgIpc) is 2.92. The number of benzene rings is 1. The summed E-state index contributed by atoms with van der Waals surface area (Å²) in [5.41, 5.74) is 2.53. The SMILES string of the molecule is Fc1ccc(-c2cc(-c3ccc(Cl)nc3)n[nH]2)cc1F. The van der Waals surface area contributed by atoms with Gasteiger partial charge in [0.25, 0.3) is 0 Å². The zero-order chi connectivity index (χ0) is 14.1. The van der Waals surface area contributed by atoms with Gasteiger partial charge < -0.3 is 0 Å². The zero-order valence-corrected chi connectivity index (χ0v) is 10.8. The van der Waals surface area contributed by atoms with Crippen LogP contribution in [-0.2, 0) is 0 Å². The third-order valence-electron chi connectivity index (χ3n) is 2.83. The van der Waals surface area contributed by atoms with Gasteiger partial charge in [0.1, 0.15) is 5.15 Å². The Balaban J connectivity index is 1.97. The molecule has 0 saturated heterocycles. The molecule has 1 aromatic carbocycles. The second kappa shape index (κ2) is 5.02. The molecule has 0 radical (unpaired) electrons. The normalized spacial score (nSPS) is 10.8. The molecule has 2 aromatic heterocycles. The Morgan fingerprint density at radius 3 is 2.45 bits per heavy atom. The zero-order valence-electron chi connectivity index (χ0n) is 10.1. The van der Waals surface area contributed by atoms with E-state index < -0.39 is 11.6 Å². The van der Waals surface area contributed by atoms with E-state index >= 15 is 0 Å². The van der Waals surface area contributed by atoms with Gasteiger partial charge in [-0.2, -0.15) is 5.10 Å². The van der Waals surface area contributed by atoms with Crippen molar-refractivity contribution >= 4 is 11.6 Å². The summed E-state index contributed by atoms with van der Waals surface area (Å²) in [5.74, 6) is -1.78. The van der Waals surface area contributed by atoms with E-state index in [2.05, 4.69) is 15.2 Å². The molecule has 20 heavy (non-hydrogen) atoms. The van der Waals surface area contributed by atoms with Crippen LogP contribution >= 0.6 is 11.6 Å². The summed E-state index contributed by atoms with van der Waals surface area (Å²) >= 11 is 5.72. The number of H-pyrrole nitrogens is 1. The molecule has 0 saturated carbocycles. The van der Waals surface area contributed by atoms with Gasteiger partial charge >= 0.3 is 0 Å². The maximum Gasteiger partial charge on any atom is 0.159 e. The summed E-state index contributed by atoms with van der Waals surface area (Å²) < 4.78 is 26.1. The van der Waals surface area contributed by atoms with Gasteiger partial charge in [-0.3, -0.25) is 5.10 Å². The minimum Gasteiger partial charge on any atom is -0.277 e. The largest absolute Gasteiger partial charge is 0.277 e. The molecule has 3 rings (SSSR count). The van der Waals surface area contributed by atoms with Crippen LogP contribution in [0.3, 0.4) is 0 Å². The molecule has 0 aliphatic rings. The lowest BCUT2D eigenvalue weighted by molar-refractivity contribution is 0.509. The number of halogens is 3. The highest BCUT2D eigenvalue weighted by Crippen LogP contribution is 2.25. The van der Waals surface area contributed by atoms with Crippen molar-refractivity contribution in [2.45, 2.75) is 0 Å². The van der Waals surface area contributed by atoms with Crippen molar-refractivity contribution in [1.82, 2.24) is 15.2 Å². The highest BCUT2D eigenvalue weighted by molar-refractivity contribution is 6.29. The summed E-state index contributed by atoms with van der Waals surface area (Å²) in [6.45, 7) is 0. The van der Waals surface area contributed by atoms with Crippen molar-refractivity contribution in [3.05, 3.63) is 59.4 Å². The van der Waals surface area contributed by atoms with Crippen LogP contribution in [0.4, 0.5) is 8.78 Å². The van der Waals surface area contributed by atoms with Crippen LogP contribution in [0.2, 0.25) is 5.15 Å². The summed E-state index contributed by atoms with van der Waals surface area (Å²) in [6, 6.07) is 8.85. The van der Waals surface area contributed by atoms with Crippen LogP contribution in [0.1, 0.15) is 0 Å². The first kappa shape index (κ1) is 12.7. The standard InChI is InChI=1S/C14H8ClF2N3/c15-14-4-2-9(7-18-14)13-6-12(19-20-13)8-1-3-10(16)11(17)5-8/h1-7H,(H,19,20). The fourth-order valence-corrected chi connectivity index (χ4v) is 1.92. The highest BCUT2D eigenvalue weighted by atomic mass is 35.5. The minimum absolute atomic E-state index is 0.394. The van der Waals surface area contributed by atoms with Gasteiger partial charge in [0.05, 0.1) is 11.4 Å². The van der Waals surface area contributed by atoms with Crippen molar-refractivity contribution in [2.75, 3.05) is 0 Å². The van der Waals surface area contributed by atoms with Crippen LogP contribution in [0.15, 0.2) is 42.6 Å². The lowest BCUT2D eigenvalue weighted by atomic mass is 10.1. The van der Waals surface area contributed by atoms with E-state index in [0.29, 0.717) is 22.1 Å². The van der Waals surface area contributed by atoms with Crippen molar-refractivity contribution in [3.63, 3.8) is 0 Å². The van der Waals surface area contributed by atoms with Crippen molar-refractivity contribution in [1.29, 1.82) is 0 Å². The molecule has 1 N–H and O–H groups in total. The summed E-state index contributed by atoms with van der Waals surface area (Å²) in [4.78, 5) is 3.97. The van der Waals surface area contributed by atoms with E-state index in [1.807, 2.05) is 0 Å². The van der Waals surface area contributed by atoms with E-state index in [1.54, 1.807) is 24.4 Å². The quantitative estimate of drug-likeness (QED) is 0.723. The van der Waals surface area contributed by atoms with Crippen molar-refractivity contribution in [3.8, 4) is 22.5 Å². The van der Waals surface area contributed by atoms with Crippen LogP contribution in [0.25, 0.3) is 22.5 Å². The Morgan fingerprint density at radius 2 is 1.75 bits per heavy atom. The molecule has 0 amide bonds. The van der Waals surface area contributed by atoms with Gasteiger partial charge in [0, 0.05) is 17.3 Å². The number of aromatic nitrogens is 3. The number of nitrogens with zero attached hydrogens (tertiary/aromatic N) is 2. The fraction of sp³-hybridized carbons (Fsp3) is 0. The monoisotopic (exact) mass is 291 g/mol. The summed E-state index contributed by atoms with van der Waals surface area (Å²) in [5, 5.41) is 7.30. The van der Waals surface area contributed by atoms with Crippen LogP contribution in [0, 0.1) is 11.6 Å². The number of pyridine rings is 1. The van der Waals surface area contributed by atoms with Crippen LogP contribution < -0.4 is 0 Å². The lowest BCUT2D eigenvalue weighted by Crippen LogP contribution is -1.85. The number of hydrogen-bond acceptors (Lipinski definition) is 2. The molecule has 0 aliphatic carbocycles. The Bertz CT molecular complexity index is 753. The molecule has 0 spiro atoms. The highest BCUT2D eigenvalue weighted by Gasteiger charge is 2.09. The van der Waals surface area contributed by atoms with E-state index in [4.69, 9.17) is 11.6 Å². The third-order valence-corrected chi connectivity index (χ3v) is 3.06. The molecule has 6 heteroatoms. The van der Waals surface area contributed by atoms with Crippen LogP contribution in [-0.4, -0.2) is 15.2 Å². The molecule has 3 aromatic rings. The van der Waals surface area contributed by atoms with E-state index in [-0.39, 0.29) is 0 Å².